The molecule has 1 aliphatic heterocycles. The van der Waals surface area contributed by atoms with Gasteiger partial charge in [-0.3, -0.25) is 19.3 Å². The molecule has 30 heavy (non-hydrogen) atoms. The van der Waals surface area contributed by atoms with Crippen molar-refractivity contribution >= 4 is 17.8 Å². The van der Waals surface area contributed by atoms with Crippen LogP contribution in [0, 0.1) is 0 Å². The molecule has 1 N–H and O–H groups in total. The van der Waals surface area contributed by atoms with Crippen LogP contribution in [0.3, 0.4) is 0 Å². The van der Waals surface area contributed by atoms with Crippen LogP contribution < -0.4 is 5.32 Å². The maximum absolute atomic E-state index is 12.9. The van der Waals surface area contributed by atoms with Crippen molar-refractivity contribution in [1.82, 2.24) is 15.1 Å². The van der Waals surface area contributed by atoms with Crippen molar-refractivity contribution in [2.75, 3.05) is 26.2 Å². The lowest BCUT2D eigenvalue weighted by Crippen LogP contribution is -2.60. The topological polar surface area (TPSA) is 92.1 Å². The van der Waals surface area contributed by atoms with Gasteiger partial charge in [-0.1, -0.05) is 30.3 Å². The number of esters is 1. The molecule has 0 saturated carbocycles. The van der Waals surface area contributed by atoms with Crippen LogP contribution in [0.1, 0.15) is 24.7 Å². The number of carbonyl (C=O) groups excluding carboxylic acids is 3. The van der Waals surface area contributed by atoms with E-state index >= 15 is 0 Å². The number of piperazine rings is 1. The maximum atomic E-state index is 12.9. The minimum atomic E-state index is -0.695. The van der Waals surface area contributed by atoms with Gasteiger partial charge in [0, 0.05) is 26.2 Å². The van der Waals surface area contributed by atoms with Gasteiger partial charge in [0.15, 0.2) is 0 Å². The number of nitrogens with one attached hydrogen (secondary N) is 1. The molecule has 1 atom stereocenters. The van der Waals surface area contributed by atoms with Crippen molar-refractivity contribution in [3.63, 3.8) is 0 Å². The third-order valence-electron chi connectivity index (χ3n) is 4.95. The molecule has 2 amide bonds. The summed E-state index contributed by atoms with van der Waals surface area (Å²) in [7, 11) is 0. The molecule has 3 rings (SSSR count). The Bertz CT molecular complexity index is 838. The van der Waals surface area contributed by atoms with Crippen LogP contribution >= 0.6 is 0 Å². The molecule has 0 aliphatic carbocycles. The van der Waals surface area contributed by atoms with Crippen LogP contribution in [0.4, 0.5) is 0 Å². The van der Waals surface area contributed by atoms with Gasteiger partial charge >= 0.3 is 5.97 Å². The van der Waals surface area contributed by atoms with E-state index < -0.39 is 17.9 Å². The normalized spacial score (nSPS) is 16.8. The zero-order valence-electron chi connectivity index (χ0n) is 17.1. The molecule has 1 fully saturated rings. The van der Waals surface area contributed by atoms with Crippen LogP contribution in [0.5, 0.6) is 0 Å². The average molecular weight is 413 g/mol. The van der Waals surface area contributed by atoms with Gasteiger partial charge in [-0.25, -0.2) is 0 Å². The Morgan fingerprint density at radius 3 is 2.63 bits per heavy atom. The summed E-state index contributed by atoms with van der Waals surface area (Å²) in [4.78, 5) is 41.0. The Labute approximate surface area is 175 Å². The molecular formula is C22H27N3O5. The Morgan fingerprint density at radius 1 is 1.13 bits per heavy atom. The predicted molar refractivity (Wildman–Crippen MR) is 109 cm³/mol. The monoisotopic (exact) mass is 413 g/mol. The first kappa shape index (κ1) is 21.6. The van der Waals surface area contributed by atoms with Crippen LogP contribution in [-0.4, -0.2) is 59.9 Å². The maximum Gasteiger partial charge on any atom is 0.315 e. The number of amides is 2. The molecule has 1 aliphatic rings. The molecule has 1 saturated heterocycles. The summed E-state index contributed by atoms with van der Waals surface area (Å²) in [6, 6.07) is 12.8. The second-order valence-electron chi connectivity index (χ2n) is 7.10. The zero-order valence-corrected chi connectivity index (χ0v) is 17.1. The first-order valence-corrected chi connectivity index (χ1v) is 10.1. The van der Waals surface area contributed by atoms with Crippen LogP contribution in [0.2, 0.25) is 0 Å². The fraction of sp³-hybridized carbons (Fsp3) is 0.409. The van der Waals surface area contributed by atoms with Crippen LogP contribution in [-0.2, 0) is 32.2 Å². The third kappa shape index (κ3) is 5.93. The quantitative estimate of drug-likeness (QED) is 0.522. The Morgan fingerprint density at radius 2 is 1.93 bits per heavy atom. The van der Waals surface area contributed by atoms with E-state index in [9.17, 15) is 14.4 Å². The van der Waals surface area contributed by atoms with E-state index in [1.54, 1.807) is 25.3 Å². The highest BCUT2D eigenvalue weighted by Crippen LogP contribution is 2.16. The minimum absolute atomic E-state index is 0.212. The van der Waals surface area contributed by atoms with E-state index in [1.165, 1.54) is 4.90 Å². The number of hydrogen-bond donors (Lipinski definition) is 1. The van der Waals surface area contributed by atoms with Gasteiger partial charge in [-0.05, 0) is 24.6 Å². The number of nitrogens with zero attached hydrogens (tertiary/aromatic N) is 2. The largest absolute Gasteiger partial charge is 0.467 e. The smallest absolute Gasteiger partial charge is 0.315 e. The van der Waals surface area contributed by atoms with Crippen LogP contribution in [0.25, 0.3) is 0 Å². The average Bonchev–Trinajstić information content (AvgIpc) is 3.26. The lowest BCUT2D eigenvalue weighted by Gasteiger charge is -2.40. The molecule has 1 unspecified atom stereocenters. The molecule has 1 aromatic heterocycles. The fourth-order valence-corrected chi connectivity index (χ4v) is 3.49. The van der Waals surface area contributed by atoms with Crippen molar-refractivity contribution in [2.45, 2.75) is 32.5 Å². The number of rotatable bonds is 8. The second kappa shape index (κ2) is 10.6. The summed E-state index contributed by atoms with van der Waals surface area (Å²) >= 11 is 0. The lowest BCUT2D eigenvalue weighted by molar-refractivity contribution is -0.153. The van der Waals surface area contributed by atoms with Gasteiger partial charge in [0.05, 0.1) is 19.4 Å². The van der Waals surface area contributed by atoms with Crippen LogP contribution in [0.15, 0.2) is 53.1 Å². The number of carbonyl (C=O) groups is 3. The zero-order chi connectivity index (χ0) is 21.3. The van der Waals surface area contributed by atoms with Crippen molar-refractivity contribution in [3.8, 4) is 0 Å². The molecule has 1 aromatic carbocycles. The highest BCUT2D eigenvalue weighted by atomic mass is 16.5. The molecule has 8 heteroatoms. The number of benzene rings is 1. The van der Waals surface area contributed by atoms with Gasteiger partial charge in [-0.2, -0.15) is 0 Å². The molecule has 0 spiro atoms. The number of hydrogen-bond acceptors (Lipinski definition) is 6. The first-order chi connectivity index (χ1) is 14.6. The summed E-state index contributed by atoms with van der Waals surface area (Å²) in [6.45, 7) is 4.19. The highest BCUT2D eigenvalue weighted by molar-refractivity contribution is 5.97. The lowest BCUT2D eigenvalue weighted by atomic mass is 10.1. The summed E-state index contributed by atoms with van der Waals surface area (Å²) in [5.41, 5.74) is 1.14. The number of furan rings is 1. The summed E-state index contributed by atoms with van der Waals surface area (Å²) in [5.74, 6) is -0.624. The van der Waals surface area contributed by atoms with E-state index in [1.807, 2.05) is 30.3 Å². The fourth-order valence-electron chi connectivity index (χ4n) is 3.49. The van der Waals surface area contributed by atoms with Gasteiger partial charge in [0.1, 0.15) is 18.2 Å². The molecule has 2 heterocycles. The van der Waals surface area contributed by atoms with E-state index in [0.29, 0.717) is 31.9 Å². The van der Waals surface area contributed by atoms with Gasteiger partial charge in [-0.15, -0.1) is 0 Å². The molecular weight excluding hydrogens is 386 g/mol. The van der Waals surface area contributed by atoms with Crippen molar-refractivity contribution < 1.29 is 23.5 Å². The van der Waals surface area contributed by atoms with Gasteiger partial charge in [0.2, 0.25) is 11.8 Å². The molecule has 8 nitrogen and oxygen atoms in total. The Kier molecular flexibility index (Phi) is 7.62. The summed E-state index contributed by atoms with van der Waals surface area (Å²) in [6.07, 6.45) is 1.17. The molecule has 160 valence electrons. The van der Waals surface area contributed by atoms with E-state index in [2.05, 4.69) is 10.2 Å². The third-order valence-corrected chi connectivity index (χ3v) is 4.95. The number of ether oxygens (including phenoxy) is 1. The van der Waals surface area contributed by atoms with E-state index in [4.69, 9.17) is 9.15 Å². The Hall–Kier alpha value is -3.13. The van der Waals surface area contributed by atoms with Gasteiger partial charge in [0.25, 0.3) is 0 Å². The van der Waals surface area contributed by atoms with E-state index in [0.717, 1.165) is 5.56 Å². The van der Waals surface area contributed by atoms with Crippen molar-refractivity contribution in [1.29, 1.82) is 0 Å². The molecule has 0 bridgehead atoms. The molecule has 0 radical (unpaired) electrons. The SMILES string of the molecule is CCOC(=O)CC(=O)N1CCN(Cc2ccccc2)CC1C(=O)NCc1ccco1. The summed E-state index contributed by atoms with van der Waals surface area (Å²) < 4.78 is 10.1. The standard InChI is InChI=1S/C22H27N3O5/c1-2-29-21(27)13-20(26)25-11-10-24(15-17-7-4-3-5-8-17)16-19(25)22(28)23-14-18-9-6-12-30-18/h3-9,12,19H,2,10-11,13-16H2,1H3,(H,23,28). The van der Waals surface area contributed by atoms with Crippen molar-refractivity contribution in [2.24, 2.45) is 0 Å². The Balaban J connectivity index is 1.67. The second-order valence-corrected chi connectivity index (χ2v) is 7.10. The summed E-state index contributed by atoms with van der Waals surface area (Å²) in [5, 5.41) is 2.83. The molecule has 2 aromatic rings. The van der Waals surface area contributed by atoms with E-state index in [-0.39, 0.29) is 25.5 Å². The predicted octanol–water partition coefficient (Wildman–Crippen LogP) is 1.56. The minimum Gasteiger partial charge on any atom is -0.467 e. The van der Waals surface area contributed by atoms with Gasteiger partial charge < -0.3 is 19.4 Å². The highest BCUT2D eigenvalue weighted by Gasteiger charge is 2.36. The first-order valence-electron chi connectivity index (χ1n) is 10.1. The van der Waals surface area contributed by atoms with Crippen molar-refractivity contribution in [3.05, 3.63) is 60.1 Å².